The second-order valence-electron chi connectivity index (χ2n) is 3.80. The van der Waals surface area contributed by atoms with Gasteiger partial charge >= 0.3 is 0 Å². The van der Waals surface area contributed by atoms with Crippen molar-refractivity contribution in [1.82, 2.24) is 0 Å². The van der Waals surface area contributed by atoms with Crippen LogP contribution in [0.3, 0.4) is 0 Å². The van der Waals surface area contributed by atoms with Crippen LogP contribution in [0, 0.1) is 5.92 Å². The molecule has 0 N–H and O–H groups in total. The van der Waals surface area contributed by atoms with Crippen molar-refractivity contribution in [3.8, 4) is 0 Å². The molecule has 0 radical (unpaired) electrons. The van der Waals surface area contributed by atoms with Crippen LogP contribution in [-0.2, 0) is 11.2 Å². The maximum absolute atomic E-state index is 5.48. The van der Waals surface area contributed by atoms with E-state index in [4.69, 9.17) is 4.74 Å². The molecule has 1 nitrogen and oxygen atoms in total. The fourth-order valence-electron chi connectivity index (χ4n) is 1.76. The lowest BCUT2D eigenvalue weighted by atomic mass is 10.0. The van der Waals surface area contributed by atoms with E-state index in [0.29, 0.717) is 6.10 Å². The molecule has 1 heteroatoms. The predicted molar refractivity (Wildman–Crippen MR) is 53.7 cm³/mol. The minimum Gasteiger partial charge on any atom is -0.381 e. The van der Waals surface area contributed by atoms with Gasteiger partial charge in [0.15, 0.2) is 0 Å². The predicted octanol–water partition coefficient (Wildman–Crippen LogP) is 2.65. The highest BCUT2D eigenvalue weighted by atomic mass is 16.5. The topological polar surface area (TPSA) is 9.23 Å². The molecule has 1 atom stereocenters. The summed E-state index contributed by atoms with van der Waals surface area (Å²) in [5.74, 6) is 0.824. The number of rotatable bonds is 4. The third-order valence-corrected chi connectivity index (χ3v) is 2.73. The Morgan fingerprint density at radius 3 is 2.54 bits per heavy atom. The van der Waals surface area contributed by atoms with Gasteiger partial charge in [-0.1, -0.05) is 30.3 Å². The molecule has 1 unspecified atom stereocenters. The van der Waals surface area contributed by atoms with Crippen LogP contribution in [0.4, 0.5) is 0 Å². The Balaban J connectivity index is 1.95. The number of hydrogen-bond donors (Lipinski definition) is 0. The lowest BCUT2D eigenvalue weighted by Crippen LogP contribution is -2.16. The maximum atomic E-state index is 5.48. The lowest BCUT2D eigenvalue weighted by molar-refractivity contribution is 0.0848. The summed E-state index contributed by atoms with van der Waals surface area (Å²) in [7, 11) is 1.83. The molecule has 0 spiro atoms. The van der Waals surface area contributed by atoms with Gasteiger partial charge in [-0.3, -0.25) is 0 Å². The monoisotopic (exact) mass is 176 g/mol. The van der Waals surface area contributed by atoms with Crippen molar-refractivity contribution >= 4 is 0 Å². The number of ether oxygens (including phenoxy) is 1. The molecular formula is C12H16O. The van der Waals surface area contributed by atoms with Gasteiger partial charge < -0.3 is 4.74 Å². The smallest absolute Gasteiger partial charge is 0.0639 e. The Morgan fingerprint density at radius 2 is 2.00 bits per heavy atom. The molecule has 2 rings (SSSR count). The number of hydrogen-bond acceptors (Lipinski definition) is 1. The van der Waals surface area contributed by atoms with E-state index in [2.05, 4.69) is 30.3 Å². The van der Waals surface area contributed by atoms with Gasteiger partial charge in [0.05, 0.1) is 6.10 Å². The first kappa shape index (κ1) is 8.76. The van der Waals surface area contributed by atoms with Gasteiger partial charge in [-0.2, -0.15) is 0 Å². The van der Waals surface area contributed by atoms with Crippen molar-refractivity contribution in [2.24, 2.45) is 5.92 Å². The zero-order chi connectivity index (χ0) is 9.10. The SMILES string of the molecule is COC(Cc1ccccc1)C1CC1. The second-order valence-corrected chi connectivity index (χ2v) is 3.80. The standard InChI is InChI=1S/C12H16O/c1-13-12(11-7-8-11)9-10-5-3-2-4-6-10/h2-6,11-12H,7-9H2,1H3. The first-order valence-corrected chi connectivity index (χ1v) is 4.97. The van der Waals surface area contributed by atoms with E-state index in [9.17, 15) is 0 Å². The first-order chi connectivity index (χ1) is 6.40. The molecule has 0 amide bonds. The Kier molecular flexibility index (Phi) is 2.65. The van der Waals surface area contributed by atoms with Crippen LogP contribution < -0.4 is 0 Å². The summed E-state index contributed by atoms with van der Waals surface area (Å²) < 4.78 is 5.48. The third kappa shape index (κ3) is 2.31. The fourth-order valence-corrected chi connectivity index (χ4v) is 1.76. The van der Waals surface area contributed by atoms with Gasteiger partial charge in [0.25, 0.3) is 0 Å². The van der Waals surface area contributed by atoms with Crippen molar-refractivity contribution in [2.45, 2.75) is 25.4 Å². The average Bonchev–Trinajstić information content (AvgIpc) is 2.99. The van der Waals surface area contributed by atoms with Crippen LogP contribution in [0.25, 0.3) is 0 Å². The van der Waals surface area contributed by atoms with Gasteiger partial charge in [-0.15, -0.1) is 0 Å². The van der Waals surface area contributed by atoms with E-state index in [1.54, 1.807) is 0 Å². The molecule has 0 saturated heterocycles. The Morgan fingerprint density at radius 1 is 1.31 bits per heavy atom. The molecule has 1 aliphatic rings. The molecule has 0 bridgehead atoms. The Hall–Kier alpha value is -0.820. The van der Waals surface area contributed by atoms with Crippen molar-refractivity contribution in [3.63, 3.8) is 0 Å². The highest BCUT2D eigenvalue weighted by Crippen LogP contribution is 2.35. The fraction of sp³-hybridized carbons (Fsp3) is 0.500. The molecule has 0 heterocycles. The highest BCUT2D eigenvalue weighted by molar-refractivity contribution is 5.16. The van der Waals surface area contributed by atoms with Crippen LogP contribution >= 0.6 is 0 Å². The summed E-state index contributed by atoms with van der Waals surface area (Å²) in [6.45, 7) is 0. The van der Waals surface area contributed by atoms with Gasteiger partial charge in [0.1, 0.15) is 0 Å². The number of methoxy groups -OCH3 is 1. The molecule has 0 aliphatic heterocycles. The zero-order valence-electron chi connectivity index (χ0n) is 8.07. The lowest BCUT2D eigenvalue weighted by Gasteiger charge is -2.13. The molecule has 1 aromatic rings. The van der Waals surface area contributed by atoms with E-state index < -0.39 is 0 Å². The van der Waals surface area contributed by atoms with E-state index >= 15 is 0 Å². The summed E-state index contributed by atoms with van der Waals surface area (Å²) in [5, 5.41) is 0. The van der Waals surface area contributed by atoms with Gasteiger partial charge in [-0.05, 0) is 30.7 Å². The maximum Gasteiger partial charge on any atom is 0.0639 e. The largest absolute Gasteiger partial charge is 0.381 e. The summed E-state index contributed by atoms with van der Waals surface area (Å²) in [6, 6.07) is 10.6. The molecule has 1 saturated carbocycles. The van der Waals surface area contributed by atoms with Crippen molar-refractivity contribution in [2.75, 3.05) is 7.11 Å². The summed E-state index contributed by atoms with van der Waals surface area (Å²) >= 11 is 0. The quantitative estimate of drug-likeness (QED) is 0.685. The third-order valence-electron chi connectivity index (χ3n) is 2.73. The molecule has 1 aliphatic carbocycles. The van der Waals surface area contributed by atoms with Gasteiger partial charge in [-0.25, -0.2) is 0 Å². The normalized spacial score (nSPS) is 18.5. The Bertz CT molecular complexity index is 251. The minimum absolute atomic E-state index is 0.447. The number of benzene rings is 1. The van der Waals surface area contributed by atoms with E-state index in [1.165, 1.54) is 18.4 Å². The van der Waals surface area contributed by atoms with E-state index in [0.717, 1.165) is 12.3 Å². The summed E-state index contributed by atoms with van der Waals surface area (Å²) in [5.41, 5.74) is 1.39. The van der Waals surface area contributed by atoms with Crippen molar-refractivity contribution in [1.29, 1.82) is 0 Å². The van der Waals surface area contributed by atoms with Crippen LogP contribution in [0.2, 0.25) is 0 Å². The van der Waals surface area contributed by atoms with E-state index in [1.807, 2.05) is 7.11 Å². The molecule has 0 aromatic heterocycles. The van der Waals surface area contributed by atoms with Crippen LogP contribution in [0.1, 0.15) is 18.4 Å². The van der Waals surface area contributed by atoms with Crippen molar-refractivity contribution < 1.29 is 4.74 Å². The molecule has 13 heavy (non-hydrogen) atoms. The van der Waals surface area contributed by atoms with Crippen molar-refractivity contribution in [3.05, 3.63) is 35.9 Å². The molecule has 1 fully saturated rings. The zero-order valence-corrected chi connectivity index (χ0v) is 8.07. The Labute approximate surface area is 79.7 Å². The molecular weight excluding hydrogens is 160 g/mol. The average molecular weight is 176 g/mol. The van der Waals surface area contributed by atoms with Gasteiger partial charge in [0.2, 0.25) is 0 Å². The highest BCUT2D eigenvalue weighted by Gasteiger charge is 2.30. The van der Waals surface area contributed by atoms with Crippen LogP contribution in [0.5, 0.6) is 0 Å². The molecule has 70 valence electrons. The van der Waals surface area contributed by atoms with Crippen LogP contribution in [-0.4, -0.2) is 13.2 Å². The second kappa shape index (κ2) is 3.93. The minimum atomic E-state index is 0.447. The van der Waals surface area contributed by atoms with Crippen LogP contribution in [0.15, 0.2) is 30.3 Å². The first-order valence-electron chi connectivity index (χ1n) is 4.97. The molecule has 1 aromatic carbocycles. The van der Waals surface area contributed by atoms with Gasteiger partial charge in [0, 0.05) is 7.11 Å². The summed E-state index contributed by atoms with van der Waals surface area (Å²) in [4.78, 5) is 0. The summed E-state index contributed by atoms with van der Waals surface area (Å²) in [6.07, 6.45) is 4.22. The van der Waals surface area contributed by atoms with E-state index in [-0.39, 0.29) is 0 Å².